The molecular formula is C20H20BrN3O3. The lowest BCUT2D eigenvalue weighted by molar-refractivity contribution is -0.122. The number of halogens is 1. The standard InChI is InChI=1S/C20H20BrN3O3/c1-12-8-9-18(15(21)10-12)27-13(2)20(25)22-19-11-16(23-24-19)14-6-4-5-7-17(14)26-3/h4-11,13H,1-3H3,(H2,22,23,24,25). The molecule has 1 unspecified atom stereocenters. The fraction of sp³-hybridized carbons (Fsp3) is 0.200. The summed E-state index contributed by atoms with van der Waals surface area (Å²) in [5.41, 5.74) is 2.71. The number of anilines is 1. The number of nitrogens with zero attached hydrogens (tertiary/aromatic N) is 1. The highest BCUT2D eigenvalue weighted by Crippen LogP contribution is 2.29. The van der Waals surface area contributed by atoms with Crippen LogP contribution in [-0.4, -0.2) is 29.3 Å². The van der Waals surface area contributed by atoms with Crippen molar-refractivity contribution in [3.63, 3.8) is 0 Å². The van der Waals surface area contributed by atoms with Crippen LogP contribution in [0, 0.1) is 6.92 Å². The lowest BCUT2D eigenvalue weighted by atomic mass is 10.1. The van der Waals surface area contributed by atoms with E-state index in [-0.39, 0.29) is 5.91 Å². The van der Waals surface area contributed by atoms with Crippen molar-refractivity contribution < 1.29 is 14.3 Å². The molecule has 1 aromatic heterocycles. The van der Waals surface area contributed by atoms with Gasteiger partial charge >= 0.3 is 0 Å². The molecule has 0 fully saturated rings. The van der Waals surface area contributed by atoms with Gasteiger partial charge in [0.2, 0.25) is 0 Å². The van der Waals surface area contributed by atoms with Gasteiger partial charge < -0.3 is 14.8 Å². The number of amides is 1. The lowest BCUT2D eigenvalue weighted by Gasteiger charge is -2.15. The Kier molecular flexibility index (Phi) is 5.81. The molecular weight excluding hydrogens is 410 g/mol. The largest absolute Gasteiger partial charge is 0.496 e. The van der Waals surface area contributed by atoms with Crippen molar-refractivity contribution >= 4 is 27.7 Å². The Labute approximate surface area is 166 Å². The molecule has 1 amide bonds. The number of aromatic amines is 1. The molecule has 0 saturated carbocycles. The Morgan fingerprint density at radius 1 is 1.19 bits per heavy atom. The third-order valence-electron chi connectivity index (χ3n) is 3.99. The number of benzene rings is 2. The van der Waals surface area contributed by atoms with Gasteiger partial charge in [0.25, 0.3) is 5.91 Å². The van der Waals surface area contributed by atoms with E-state index in [1.807, 2.05) is 49.4 Å². The Balaban J connectivity index is 1.68. The van der Waals surface area contributed by atoms with Crippen LogP contribution < -0.4 is 14.8 Å². The first-order valence-corrected chi connectivity index (χ1v) is 9.19. The number of aromatic nitrogens is 2. The fourth-order valence-corrected chi connectivity index (χ4v) is 3.15. The van der Waals surface area contributed by atoms with Gasteiger partial charge in [-0.25, -0.2) is 0 Å². The third-order valence-corrected chi connectivity index (χ3v) is 4.61. The first-order valence-electron chi connectivity index (χ1n) is 8.40. The van der Waals surface area contributed by atoms with Crippen molar-refractivity contribution in [2.45, 2.75) is 20.0 Å². The number of hydrogen-bond acceptors (Lipinski definition) is 4. The smallest absolute Gasteiger partial charge is 0.266 e. The van der Waals surface area contributed by atoms with Crippen LogP contribution >= 0.6 is 15.9 Å². The van der Waals surface area contributed by atoms with Gasteiger partial charge in [-0.2, -0.15) is 5.10 Å². The van der Waals surface area contributed by atoms with Gasteiger partial charge in [-0.1, -0.05) is 18.2 Å². The number of H-pyrrole nitrogens is 1. The van der Waals surface area contributed by atoms with Crippen LogP contribution in [0.5, 0.6) is 11.5 Å². The van der Waals surface area contributed by atoms with E-state index in [1.165, 1.54) is 0 Å². The molecule has 7 heteroatoms. The van der Waals surface area contributed by atoms with Gasteiger partial charge in [-0.3, -0.25) is 9.89 Å². The zero-order valence-corrected chi connectivity index (χ0v) is 16.8. The van der Waals surface area contributed by atoms with Gasteiger partial charge in [0.15, 0.2) is 11.9 Å². The summed E-state index contributed by atoms with van der Waals surface area (Å²) in [4.78, 5) is 12.4. The molecule has 2 aromatic carbocycles. The monoisotopic (exact) mass is 429 g/mol. The topological polar surface area (TPSA) is 76.2 Å². The van der Waals surface area contributed by atoms with E-state index in [0.717, 1.165) is 27.0 Å². The number of rotatable bonds is 6. The van der Waals surface area contributed by atoms with Crippen molar-refractivity contribution in [1.82, 2.24) is 10.2 Å². The molecule has 0 aliphatic rings. The van der Waals surface area contributed by atoms with E-state index in [0.29, 0.717) is 11.6 Å². The Bertz CT molecular complexity index is 955. The van der Waals surface area contributed by atoms with Crippen LogP contribution in [0.2, 0.25) is 0 Å². The minimum absolute atomic E-state index is 0.291. The van der Waals surface area contributed by atoms with Crippen LogP contribution in [0.4, 0.5) is 5.82 Å². The minimum atomic E-state index is -0.685. The fourth-order valence-electron chi connectivity index (χ4n) is 2.56. The van der Waals surface area contributed by atoms with E-state index in [9.17, 15) is 4.79 Å². The maximum absolute atomic E-state index is 12.4. The molecule has 0 saturated heterocycles. The number of carbonyl (C=O) groups is 1. The summed E-state index contributed by atoms with van der Waals surface area (Å²) in [6.07, 6.45) is -0.685. The van der Waals surface area contributed by atoms with Gasteiger partial charge in [-0.15, -0.1) is 0 Å². The molecule has 6 nitrogen and oxygen atoms in total. The molecule has 0 spiro atoms. The highest BCUT2D eigenvalue weighted by Gasteiger charge is 2.18. The maximum atomic E-state index is 12.4. The Morgan fingerprint density at radius 3 is 2.70 bits per heavy atom. The van der Waals surface area contributed by atoms with Crippen LogP contribution in [0.25, 0.3) is 11.3 Å². The second-order valence-corrected chi connectivity index (χ2v) is 6.90. The summed E-state index contributed by atoms with van der Waals surface area (Å²) in [6.45, 7) is 3.68. The third kappa shape index (κ3) is 4.49. The SMILES string of the molecule is COc1ccccc1-c1cc(NC(=O)C(C)Oc2ccc(C)cc2Br)n[nH]1. The van der Waals surface area contributed by atoms with Crippen molar-refractivity contribution in [3.8, 4) is 22.8 Å². The summed E-state index contributed by atoms with van der Waals surface area (Å²) in [6, 6.07) is 15.0. The number of hydrogen-bond donors (Lipinski definition) is 2. The average Bonchev–Trinajstić information content (AvgIpc) is 3.12. The molecule has 3 rings (SSSR count). The van der Waals surface area contributed by atoms with Crippen LogP contribution in [0.3, 0.4) is 0 Å². The summed E-state index contributed by atoms with van der Waals surface area (Å²) >= 11 is 3.45. The van der Waals surface area contributed by atoms with Crippen molar-refractivity contribution in [1.29, 1.82) is 0 Å². The van der Waals surface area contributed by atoms with Crippen molar-refractivity contribution in [3.05, 3.63) is 58.6 Å². The van der Waals surface area contributed by atoms with E-state index >= 15 is 0 Å². The molecule has 0 radical (unpaired) electrons. The first kappa shape index (κ1) is 19.0. The van der Waals surface area contributed by atoms with Gasteiger partial charge in [0.1, 0.15) is 11.5 Å². The summed E-state index contributed by atoms with van der Waals surface area (Å²) in [5, 5.41) is 9.82. The van der Waals surface area contributed by atoms with Crippen molar-refractivity contribution in [2.24, 2.45) is 0 Å². The number of methoxy groups -OCH3 is 1. The second kappa shape index (κ2) is 8.26. The summed E-state index contributed by atoms with van der Waals surface area (Å²) < 4.78 is 11.9. The zero-order chi connectivity index (χ0) is 19.4. The normalized spacial score (nSPS) is 11.7. The molecule has 0 bridgehead atoms. The molecule has 0 aliphatic carbocycles. The molecule has 3 aromatic rings. The molecule has 27 heavy (non-hydrogen) atoms. The quantitative estimate of drug-likeness (QED) is 0.601. The van der Waals surface area contributed by atoms with Crippen LogP contribution in [-0.2, 0) is 4.79 Å². The predicted octanol–water partition coefficient (Wildman–Crippen LogP) is 4.56. The number of aryl methyl sites for hydroxylation is 1. The van der Waals surface area contributed by atoms with Gasteiger partial charge in [0, 0.05) is 11.6 Å². The van der Waals surface area contributed by atoms with E-state index < -0.39 is 6.10 Å². The number of nitrogens with one attached hydrogen (secondary N) is 2. The van der Waals surface area contributed by atoms with E-state index in [4.69, 9.17) is 9.47 Å². The maximum Gasteiger partial charge on any atom is 0.266 e. The Hall–Kier alpha value is -2.80. The number of carbonyl (C=O) groups excluding carboxylic acids is 1. The van der Waals surface area contributed by atoms with Gasteiger partial charge in [0.05, 0.1) is 17.3 Å². The average molecular weight is 430 g/mol. The van der Waals surface area contributed by atoms with Gasteiger partial charge in [-0.05, 0) is 59.6 Å². The number of para-hydroxylation sites is 1. The lowest BCUT2D eigenvalue weighted by Crippen LogP contribution is -2.30. The molecule has 0 aliphatic heterocycles. The molecule has 1 heterocycles. The Morgan fingerprint density at radius 2 is 1.96 bits per heavy atom. The molecule has 2 N–H and O–H groups in total. The van der Waals surface area contributed by atoms with Crippen LogP contribution in [0.1, 0.15) is 12.5 Å². The minimum Gasteiger partial charge on any atom is -0.496 e. The zero-order valence-electron chi connectivity index (χ0n) is 15.2. The molecule has 140 valence electrons. The van der Waals surface area contributed by atoms with E-state index in [1.54, 1.807) is 20.1 Å². The summed E-state index contributed by atoms with van der Waals surface area (Å²) in [7, 11) is 1.61. The highest BCUT2D eigenvalue weighted by atomic mass is 79.9. The molecule has 1 atom stereocenters. The predicted molar refractivity (Wildman–Crippen MR) is 108 cm³/mol. The van der Waals surface area contributed by atoms with Crippen molar-refractivity contribution in [2.75, 3.05) is 12.4 Å². The summed E-state index contributed by atoms with van der Waals surface area (Å²) in [5.74, 6) is 1.46. The number of ether oxygens (including phenoxy) is 2. The second-order valence-electron chi connectivity index (χ2n) is 6.05. The highest BCUT2D eigenvalue weighted by molar-refractivity contribution is 9.10. The van der Waals surface area contributed by atoms with E-state index in [2.05, 4.69) is 31.4 Å². The van der Waals surface area contributed by atoms with Crippen LogP contribution in [0.15, 0.2) is 53.0 Å². The first-order chi connectivity index (χ1) is 13.0.